The number of aromatic nitrogens is 2. The van der Waals surface area contributed by atoms with Crippen molar-refractivity contribution in [2.75, 3.05) is 7.05 Å². The van der Waals surface area contributed by atoms with E-state index in [0.717, 1.165) is 0 Å². The highest BCUT2D eigenvalue weighted by atomic mass is 16.4. The monoisotopic (exact) mass is 253 g/mol. The van der Waals surface area contributed by atoms with Crippen molar-refractivity contribution in [2.24, 2.45) is 0 Å². The zero-order valence-electron chi connectivity index (χ0n) is 11.4. The van der Waals surface area contributed by atoms with Gasteiger partial charge in [-0.15, -0.1) is 0 Å². The second-order valence-electron chi connectivity index (χ2n) is 5.06. The van der Waals surface area contributed by atoms with Gasteiger partial charge in [0, 0.05) is 18.3 Å². The molecule has 0 saturated heterocycles. The van der Waals surface area contributed by atoms with Gasteiger partial charge in [-0.1, -0.05) is 0 Å². The molecule has 6 nitrogen and oxygen atoms in total. The van der Waals surface area contributed by atoms with Crippen molar-refractivity contribution in [1.29, 1.82) is 0 Å². The van der Waals surface area contributed by atoms with Gasteiger partial charge in [-0.2, -0.15) is 5.10 Å². The van der Waals surface area contributed by atoms with Crippen molar-refractivity contribution in [3.63, 3.8) is 0 Å². The summed E-state index contributed by atoms with van der Waals surface area (Å²) >= 11 is 0. The van der Waals surface area contributed by atoms with Crippen molar-refractivity contribution >= 4 is 11.9 Å². The quantitative estimate of drug-likeness (QED) is 0.848. The molecule has 1 rings (SSSR count). The number of aryl methyl sites for hydroxylation is 2. The Bertz CT molecular complexity index is 457. The van der Waals surface area contributed by atoms with E-state index in [9.17, 15) is 9.59 Å². The van der Waals surface area contributed by atoms with Gasteiger partial charge in [0.1, 0.15) is 0 Å². The molecule has 2 N–H and O–H groups in total. The average molecular weight is 253 g/mol. The van der Waals surface area contributed by atoms with Crippen LogP contribution in [0.4, 0.5) is 0 Å². The van der Waals surface area contributed by atoms with E-state index in [1.165, 1.54) is 4.90 Å². The third-order valence-electron chi connectivity index (χ3n) is 3.14. The fraction of sp³-hybridized carbons (Fsp3) is 0.583. The van der Waals surface area contributed by atoms with Gasteiger partial charge < -0.3 is 10.0 Å². The van der Waals surface area contributed by atoms with Crippen LogP contribution in [0.2, 0.25) is 0 Å². The van der Waals surface area contributed by atoms with E-state index in [4.69, 9.17) is 5.11 Å². The van der Waals surface area contributed by atoms with Crippen molar-refractivity contribution in [2.45, 2.75) is 39.7 Å². The molecule has 0 aromatic carbocycles. The normalized spacial score (nSPS) is 11.4. The van der Waals surface area contributed by atoms with Gasteiger partial charge in [0.05, 0.1) is 17.7 Å². The Morgan fingerprint density at radius 2 is 1.94 bits per heavy atom. The third kappa shape index (κ3) is 2.69. The van der Waals surface area contributed by atoms with Crippen LogP contribution in [0.15, 0.2) is 0 Å². The van der Waals surface area contributed by atoms with Gasteiger partial charge in [-0.05, 0) is 27.7 Å². The number of amides is 1. The standard InChI is InChI=1S/C12H19N3O3/c1-7-10(8(2)14-13-7)11(18)15(5)12(3,4)6-9(16)17/h6H2,1-5H3,(H,13,14)(H,16,17). The van der Waals surface area contributed by atoms with Crippen LogP contribution in [0.1, 0.15) is 42.0 Å². The number of aromatic amines is 1. The third-order valence-corrected chi connectivity index (χ3v) is 3.14. The molecule has 1 heterocycles. The van der Waals surface area contributed by atoms with Crippen molar-refractivity contribution in [3.05, 3.63) is 17.0 Å². The minimum absolute atomic E-state index is 0.106. The van der Waals surface area contributed by atoms with Gasteiger partial charge in [0.25, 0.3) is 5.91 Å². The summed E-state index contributed by atoms with van der Waals surface area (Å²) < 4.78 is 0. The van der Waals surface area contributed by atoms with Gasteiger partial charge >= 0.3 is 5.97 Å². The molecule has 100 valence electrons. The summed E-state index contributed by atoms with van der Waals surface area (Å²) in [6.45, 7) is 6.97. The van der Waals surface area contributed by atoms with Gasteiger partial charge in [-0.3, -0.25) is 14.7 Å². The van der Waals surface area contributed by atoms with E-state index in [1.807, 2.05) is 0 Å². The highest BCUT2D eigenvalue weighted by molar-refractivity contribution is 5.96. The summed E-state index contributed by atoms with van der Waals surface area (Å²) in [6.07, 6.45) is -0.106. The predicted octanol–water partition coefficient (Wildman–Crippen LogP) is 1.35. The van der Waals surface area contributed by atoms with Crippen LogP contribution in [-0.2, 0) is 4.79 Å². The van der Waals surface area contributed by atoms with Gasteiger partial charge in [0.2, 0.25) is 0 Å². The molecule has 0 atom stereocenters. The number of carboxylic acid groups (broad SMARTS) is 1. The fourth-order valence-corrected chi connectivity index (χ4v) is 1.80. The molecule has 18 heavy (non-hydrogen) atoms. The molecule has 0 aliphatic heterocycles. The van der Waals surface area contributed by atoms with Crippen LogP contribution in [0.5, 0.6) is 0 Å². The van der Waals surface area contributed by atoms with Crippen molar-refractivity contribution in [1.82, 2.24) is 15.1 Å². The zero-order valence-corrected chi connectivity index (χ0v) is 11.4. The Kier molecular flexibility index (Phi) is 3.79. The molecular weight excluding hydrogens is 234 g/mol. The highest BCUT2D eigenvalue weighted by Gasteiger charge is 2.32. The molecule has 0 bridgehead atoms. The first-order valence-electron chi connectivity index (χ1n) is 5.68. The number of H-pyrrole nitrogens is 1. The number of hydrogen-bond donors (Lipinski definition) is 2. The minimum Gasteiger partial charge on any atom is -0.481 e. The highest BCUT2D eigenvalue weighted by Crippen LogP contribution is 2.21. The summed E-state index contributed by atoms with van der Waals surface area (Å²) in [5, 5.41) is 15.6. The minimum atomic E-state index is -0.930. The van der Waals surface area contributed by atoms with Crippen LogP contribution in [0.3, 0.4) is 0 Å². The van der Waals surface area contributed by atoms with Crippen molar-refractivity contribution < 1.29 is 14.7 Å². The molecular formula is C12H19N3O3. The number of carbonyl (C=O) groups is 2. The molecule has 0 unspecified atom stereocenters. The first-order chi connectivity index (χ1) is 8.16. The molecule has 0 saturated carbocycles. The number of carboxylic acids is 1. The summed E-state index contributed by atoms with van der Waals surface area (Å²) in [6, 6.07) is 0. The SMILES string of the molecule is Cc1n[nH]c(C)c1C(=O)N(C)C(C)(C)CC(=O)O. The Balaban J connectivity index is 3.01. The number of aliphatic carboxylic acids is 1. The Labute approximate surface area is 106 Å². The molecule has 0 radical (unpaired) electrons. The maximum absolute atomic E-state index is 12.3. The number of nitrogens with zero attached hydrogens (tertiary/aromatic N) is 2. The lowest BCUT2D eigenvalue weighted by molar-refractivity contribution is -0.139. The maximum atomic E-state index is 12.3. The van der Waals surface area contributed by atoms with E-state index in [-0.39, 0.29) is 12.3 Å². The molecule has 1 aromatic heterocycles. The molecule has 0 aliphatic carbocycles. The number of nitrogens with one attached hydrogen (secondary N) is 1. The van der Waals surface area contributed by atoms with E-state index < -0.39 is 11.5 Å². The molecule has 1 amide bonds. The van der Waals surface area contributed by atoms with Crippen molar-refractivity contribution in [3.8, 4) is 0 Å². The molecule has 0 spiro atoms. The first kappa shape index (κ1) is 14.2. The second kappa shape index (κ2) is 4.80. The molecule has 0 fully saturated rings. The summed E-state index contributed by atoms with van der Waals surface area (Å²) in [7, 11) is 1.61. The van der Waals surface area contributed by atoms with E-state index >= 15 is 0 Å². The topological polar surface area (TPSA) is 86.3 Å². The predicted molar refractivity (Wildman–Crippen MR) is 66.5 cm³/mol. The van der Waals surface area contributed by atoms with Crippen LogP contribution in [0.25, 0.3) is 0 Å². The van der Waals surface area contributed by atoms with E-state index in [2.05, 4.69) is 10.2 Å². The van der Waals surface area contributed by atoms with Crippen LogP contribution < -0.4 is 0 Å². The second-order valence-corrected chi connectivity index (χ2v) is 5.06. The van der Waals surface area contributed by atoms with Crippen LogP contribution >= 0.6 is 0 Å². The average Bonchev–Trinajstić information content (AvgIpc) is 2.54. The lowest BCUT2D eigenvalue weighted by atomic mass is 9.97. The number of rotatable bonds is 4. The number of carbonyl (C=O) groups excluding carboxylic acids is 1. The smallest absolute Gasteiger partial charge is 0.305 e. The summed E-state index contributed by atoms with van der Waals surface area (Å²) in [4.78, 5) is 24.6. The lowest BCUT2D eigenvalue weighted by Crippen LogP contribution is -2.46. The lowest BCUT2D eigenvalue weighted by Gasteiger charge is -2.34. The molecule has 0 aliphatic rings. The summed E-state index contributed by atoms with van der Waals surface area (Å²) in [5.41, 5.74) is 1.07. The summed E-state index contributed by atoms with van der Waals surface area (Å²) in [5.74, 6) is -1.15. The largest absolute Gasteiger partial charge is 0.481 e. The van der Waals surface area contributed by atoms with Gasteiger partial charge in [0.15, 0.2) is 0 Å². The Morgan fingerprint density at radius 3 is 2.33 bits per heavy atom. The molecule has 1 aromatic rings. The Morgan fingerprint density at radius 1 is 1.39 bits per heavy atom. The molecule has 6 heteroatoms. The van der Waals surface area contributed by atoms with E-state index in [1.54, 1.807) is 34.7 Å². The van der Waals surface area contributed by atoms with Crippen LogP contribution in [-0.4, -0.2) is 44.7 Å². The first-order valence-corrected chi connectivity index (χ1v) is 5.68. The zero-order chi connectivity index (χ0) is 14.1. The van der Waals surface area contributed by atoms with Gasteiger partial charge in [-0.25, -0.2) is 0 Å². The van der Waals surface area contributed by atoms with E-state index in [0.29, 0.717) is 17.0 Å². The maximum Gasteiger partial charge on any atom is 0.305 e. The Hall–Kier alpha value is -1.85. The fourth-order valence-electron chi connectivity index (χ4n) is 1.80. The number of hydrogen-bond acceptors (Lipinski definition) is 3. The van der Waals surface area contributed by atoms with Crippen LogP contribution in [0, 0.1) is 13.8 Å².